The molecule has 2 aromatic heterocycles. The molecular formula is C33H30F2N6O2. The minimum Gasteiger partial charge on any atom is -0.496 e. The van der Waals surface area contributed by atoms with E-state index in [0.717, 1.165) is 17.7 Å². The Labute approximate surface area is 247 Å². The normalized spacial score (nSPS) is 14.6. The number of nitrogens with zero attached hydrogens (tertiary/aromatic N) is 3. The molecule has 10 heteroatoms. The maximum atomic E-state index is 16.2. The summed E-state index contributed by atoms with van der Waals surface area (Å²) >= 11 is 0. The summed E-state index contributed by atoms with van der Waals surface area (Å²) in [5, 5.41) is 9.41. The van der Waals surface area contributed by atoms with Crippen LogP contribution in [-0.4, -0.2) is 40.6 Å². The van der Waals surface area contributed by atoms with Crippen molar-refractivity contribution in [3.63, 3.8) is 0 Å². The van der Waals surface area contributed by atoms with Crippen molar-refractivity contribution in [1.82, 2.24) is 25.6 Å². The second kappa shape index (κ2) is 12.1. The number of halogens is 2. The fraction of sp³-hybridized carbons (Fsp3) is 0.212. The van der Waals surface area contributed by atoms with Gasteiger partial charge < -0.3 is 20.7 Å². The number of ether oxygens (including phenoxy) is 1. The molecule has 3 N–H and O–H groups in total. The zero-order valence-electron chi connectivity index (χ0n) is 23.7. The lowest BCUT2D eigenvalue weighted by atomic mass is 9.94. The third-order valence-corrected chi connectivity index (χ3v) is 7.73. The summed E-state index contributed by atoms with van der Waals surface area (Å²) in [5.74, 6) is -0.0866. The minimum atomic E-state index is -0.504. The maximum absolute atomic E-state index is 16.2. The van der Waals surface area contributed by atoms with Crippen LogP contribution in [0.2, 0.25) is 0 Å². The standard InChI is InChI=1S/C33H30F2N6O2/c1-19-22(5-4-8-27(19)41-33-32-28(11-12-39-33)37-13-14-38-32)24-7-3-6-23(31(24)35)20-15-26(34)25(29(16-20)43-2)18-36-17-21-9-10-30(42)40-21/h3-8,11-16,21,36H,9-10,17-18H2,1-2H3,(H,39,41)(H,40,42)/t21-/m0/s1. The van der Waals surface area contributed by atoms with E-state index < -0.39 is 11.6 Å². The summed E-state index contributed by atoms with van der Waals surface area (Å²) in [6.45, 7) is 2.63. The van der Waals surface area contributed by atoms with Gasteiger partial charge in [-0.3, -0.25) is 9.78 Å². The zero-order valence-corrected chi connectivity index (χ0v) is 23.7. The quantitative estimate of drug-likeness (QED) is 0.195. The molecule has 1 saturated heterocycles. The van der Waals surface area contributed by atoms with Gasteiger partial charge in [-0.05, 0) is 54.3 Å². The van der Waals surface area contributed by atoms with Crippen molar-refractivity contribution in [3.05, 3.63) is 95.9 Å². The number of hydrogen-bond donors (Lipinski definition) is 3. The summed E-state index contributed by atoms with van der Waals surface area (Å²) in [5.41, 5.74) is 4.92. The molecule has 3 aromatic carbocycles. The van der Waals surface area contributed by atoms with Gasteiger partial charge in [0.15, 0.2) is 5.82 Å². The summed E-state index contributed by atoms with van der Waals surface area (Å²) in [6.07, 6.45) is 6.13. The lowest BCUT2D eigenvalue weighted by Crippen LogP contribution is -2.35. The smallest absolute Gasteiger partial charge is 0.220 e. The van der Waals surface area contributed by atoms with Crippen LogP contribution in [0, 0.1) is 18.6 Å². The number of methoxy groups -OCH3 is 1. The van der Waals surface area contributed by atoms with E-state index in [1.165, 1.54) is 13.2 Å². The number of carbonyl (C=O) groups is 1. The number of anilines is 2. The van der Waals surface area contributed by atoms with Crippen LogP contribution < -0.4 is 20.7 Å². The number of pyridine rings is 1. The first-order valence-corrected chi connectivity index (χ1v) is 14.0. The topological polar surface area (TPSA) is 101 Å². The Hall–Kier alpha value is -4.96. The SMILES string of the molecule is COc1cc(-c2cccc(-c3cccc(Nc4nccc5nccnc45)c3C)c2F)cc(F)c1CNC[C@@H]1CCC(=O)N1. The number of benzene rings is 3. The van der Waals surface area contributed by atoms with Gasteiger partial charge >= 0.3 is 0 Å². The molecule has 1 fully saturated rings. The van der Waals surface area contributed by atoms with Crippen LogP contribution in [0.4, 0.5) is 20.3 Å². The van der Waals surface area contributed by atoms with Crippen LogP contribution in [0.5, 0.6) is 5.75 Å². The molecular weight excluding hydrogens is 550 g/mol. The Kier molecular flexibility index (Phi) is 7.93. The van der Waals surface area contributed by atoms with E-state index in [0.29, 0.717) is 57.8 Å². The van der Waals surface area contributed by atoms with Gasteiger partial charge in [-0.2, -0.15) is 0 Å². The molecule has 1 amide bonds. The van der Waals surface area contributed by atoms with Crippen molar-refractivity contribution < 1.29 is 18.3 Å². The Morgan fingerprint density at radius 2 is 1.77 bits per heavy atom. The average molecular weight is 581 g/mol. The number of hydrogen-bond acceptors (Lipinski definition) is 7. The predicted molar refractivity (Wildman–Crippen MR) is 162 cm³/mol. The fourth-order valence-electron chi connectivity index (χ4n) is 5.46. The molecule has 3 heterocycles. The number of amides is 1. The highest BCUT2D eigenvalue weighted by atomic mass is 19.1. The Balaban J connectivity index is 1.29. The number of carbonyl (C=O) groups excluding carboxylic acids is 1. The fourth-order valence-corrected chi connectivity index (χ4v) is 5.46. The van der Waals surface area contributed by atoms with E-state index in [4.69, 9.17) is 4.74 Å². The molecule has 218 valence electrons. The first kappa shape index (κ1) is 28.2. The van der Waals surface area contributed by atoms with Crippen LogP contribution >= 0.6 is 0 Å². The second-order valence-electron chi connectivity index (χ2n) is 10.4. The van der Waals surface area contributed by atoms with Crippen LogP contribution in [0.15, 0.2) is 73.2 Å². The van der Waals surface area contributed by atoms with Crippen molar-refractivity contribution >= 4 is 28.4 Å². The minimum absolute atomic E-state index is 0.0202. The van der Waals surface area contributed by atoms with Crippen LogP contribution in [0.1, 0.15) is 24.0 Å². The molecule has 0 radical (unpaired) electrons. The van der Waals surface area contributed by atoms with Crippen LogP contribution in [0.3, 0.4) is 0 Å². The van der Waals surface area contributed by atoms with Crippen molar-refractivity contribution in [2.75, 3.05) is 19.0 Å². The molecule has 43 heavy (non-hydrogen) atoms. The third-order valence-electron chi connectivity index (χ3n) is 7.73. The summed E-state index contributed by atoms with van der Waals surface area (Å²) < 4.78 is 37.1. The van der Waals surface area contributed by atoms with Gasteiger partial charge in [-0.25, -0.2) is 18.7 Å². The highest BCUT2D eigenvalue weighted by Gasteiger charge is 2.22. The van der Waals surface area contributed by atoms with Gasteiger partial charge in [0.05, 0.1) is 12.6 Å². The molecule has 6 rings (SSSR count). The molecule has 0 bridgehead atoms. The molecule has 1 aliphatic rings. The van der Waals surface area contributed by atoms with Crippen LogP contribution in [-0.2, 0) is 11.3 Å². The zero-order chi connectivity index (χ0) is 29.9. The van der Waals surface area contributed by atoms with E-state index in [1.54, 1.807) is 48.9 Å². The van der Waals surface area contributed by atoms with Gasteiger partial charge in [0, 0.05) is 66.5 Å². The molecule has 8 nitrogen and oxygen atoms in total. The monoisotopic (exact) mass is 580 g/mol. The van der Waals surface area contributed by atoms with E-state index in [2.05, 4.69) is 30.9 Å². The van der Waals surface area contributed by atoms with Gasteiger partial charge in [0.2, 0.25) is 5.91 Å². The van der Waals surface area contributed by atoms with E-state index in [-0.39, 0.29) is 24.1 Å². The predicted octanol–water partition coefficient (Wildman–Crippen LogP) is 6.07. The van der Waals surface area contributed by atoms with E-state index in [9.17, 15) is 4.79 Å². The van der Waals surface area contributed by atoms with Crippen molar-refractivity contribution in [3.8, 4) is 28.0 Å². The number of rotatable bonds is 9. The largest absolute Gasteiger partial charge is 0.496 e. The lowest BCUT2D eigenvalue weighted by Gasteiger charge is -2.17. The van der Waals surface area contributed by atoms with Crippen molar-refractivity contribution in [2.24, 2.45) is 0 Å². The summed E-state index contributed by atoms with van der Waals surface area (Å²) in [6, 6.07) is 15.5. The first-order valence-electron chi connectivity index (χ1n) is 14.0. The molecule has 5 aromatic rings. The highest BCUT2D eigenvalue weighted by molar-refractivity contribution is 5.88. The van der Waals surface area contributed by atoms with Gasteiger partial charge in [0.1, 0.15) is 22.9 Å². The first-order chi connectivity index (χ1) is 20.9. The van der Waals surface area contributed by atoms with Crippen molar-refractivity contribution in [1.29, 1.82) is 0 Å². The highest BCUT2D eigenvalue weighted by Crippen LogP contribution is 2.37. The number of nitrogens with one attached hydrogen (secondary N) is 3. The molecule has 1 aliphatic heterocycles. The third kappa shape index (κ3) is 5.74. The van der Waals surface area contributed by atoms with Gasteiger partial charge in [0.25, 0.3) is 0 Å². The summed E-state index contributed by atoms with van der Waals surface area (Å²) in [4.78, 5) is 24.6. The van der Waals surface area contributed by atoms with Crippen LogP contribution in [0.25, 0.3) is 33.3 Å². The lowest BCUT2D eigenvalue weighted by molar-refractivity contribution is -0.119. The Bertz CT molecular complexity index is 1820. The van der Waals surface area contributed by atoms with E-state index in [1.807, 2.05) is 25.1 Å². The van der Waals surface area contributed by atoms with Gasteiger partial charge in [-0.1, -0.05) is 30.3 Å². The molecule has 0 saturated carbocycles. The molecule has 0 aliphatic carbocycles. The second-order valence-corrected chi connectivity index (χ2v) is 10.4. The number of fused-ring (bicyclic) bond motifs is 1. The molecule has 1 atom stereocenters. The van der Waals surface area contributed by atoms with Gasteiger partial charge in [-0.15, -0.1) is 0 Å². The molecule has 0 spiro atoms. The maximum Gasteiger partial charge on any atom is 0.220 e. The van der Waals surface area contributed by atoms with E-state index >= 15 is 8.78 Å². The van der Waals surface area contributed by atoms with Crippen molar-refractivity contribution in [2.45, 2.75) is 32.4 Å². The average Bonchev–Trinajstić information content (AvgIpc) is 3.44. The Morgan fingerprint density at radius 3 is 2.58 bits per heavy atom. The number of aromatic nitrogens is 3. The Morgan fingerprint density at radius 1 is 0.977 bits per heavy atom. The summed E-state index contributed by atoms with van der Waals surface area (Å²) in [7, 11) is 1.46. The molecule has 0 unspecified atom stereocenters.